The summed E-state index contributed by atoms with van der Waals surface area (Å²) in [4.78, 5) is 2.58. The highest BCUT2D eigenvalue weighted by Gasteiger charge is 2.34. The minimum absolute atomic E-state index is 0.331. The van der Waals surface area contributed by atoms with Crippen molar-refractivity contribution in [2.75, 3.05) is 26.2 Å². The van der Waals surface area contributed by atoms with Crippen molar-refractivity contribution >= 4 is 0 Å². The fourth-order valence-corrected chi connectivity index (χ4v) is 3.08. The van der Waals surface area contributed by atoms with E-state index in [2.05, 4.69) is 10.2 Å². The average Bonchev–Trinajstić information content (AvgIpc) is 3.19. The molecule has 1 aromatic rings. The van der Waals surface area contributed by atoms with Crippen molar-refractivity contribution in [3.05, 3.63) is 35.6 Å². The van der Waals surface area contributed by atoms with Gasteiger partial charge < -0.3 is 15.3 Å². The van der Waals surface area contributed by atoms with Crippen LogP contribution >= 0.6 is 0 Å². The SMILES string of the molecule is OC(CNCC1CCN(C2CC2)C1)c1ccccc1F. The number of aliphatic hydroxyl groups is 1. The van der Waals surface area contributed by atoms with Crippen LogP contribution in [0.25, 0.3) is 0 Å². The van der Waals surface area contributed by atoms with Crippen LogP contribution in [0.5, 0.6) is 0 Å². The smallest absolute Gasteiger partial charge is 0.129 e. The van der Waals surface area contributed by atoms with Crippen LogP contribution in [0.3, 0.4) is 0 Å². The summed E-state index contributed by atoms with van der Waals surface area (Å²) in [6.45, 7) is 3.72. The van der Waals surface area contributed by atoms with Gasteiger partial charge in [-0.2, -0.15) is 0 Å². The number of benzene rings is 1. The van der Waals surface area contributed by atoms with E-state index in [9.17, 15) is 9.50 Å². The lowest BCUT2D eigenvalue weighted by Crippen LogP contribution is -2.30. The molecule has 20 heavy (non-hydrogen) atoms. The standard InChI is InChI=1S/C16H23FN2O/c17-15-4-2-1-3-14(15)16(20)10-18-9-12-7-8-19(11-12)13-5-6-13/h1-4,12-13,16,18,20H,5-11H2. The van der Waals surface area contributed by atoms with Gasteiger partial charge in [-0.15, -0.1) is 0 Å². The summed E-state index contributed by atoms with van der Waals surface area (Å²) in [5.41, 5.74) is 0.381. The van der Waals surface area contributed by atoms with Crippen molar-refractivity contribution in [1.82, 2.24) is 10.2 Å². The minimum Gasteiger partial charge on any atom is -0.387 e. The van der Waals surface area contributed by atoms with E-state index in [4.69, 9.17) is 0 Å². The zero-order chi connectivity index (χ0) is 13.9. The third kappa shape index (κ3) is 3.37. The van der Waals surface area contributed by atoms with E-state index in [1.165, 1.54) is 38.4 Å². The second-order valence-corrected chi connectivity index (χ2v) is 6.08. The maximum Gasteiger partial charge on any atom is 0.129 e. The highest BCUT2D eigenvalue weighted by molar-refractivity contribution is 5.19. The molecule has 3 rings (SSSR count). The van der Waals surface area contributed by atoms with Crippen molar-refractivity contribution < 1.29 is 9.50 Å². The van der Waals surface area contributed by atoms with Gasteiger partial charge in [0.25, 0.3) is 0 Å². The van der Waals surface area contributed by atoms with Gasteiger partial charge in [0.2, 0.25) is 0 Å². The molecule has 0 bridgehead atoms. The second-order valence-electron chi connectivity index (χ2n) is 6.08. The zero-order valence-electron chi connectivity index (χ0n) is 11.8. The number of aliphatic hydroxyl groups excluding tert-OH is 1. The predicted molar refractivity (Wildman–Crippen MR) is 76.9 cm³/mol. The Kier molecular flexibility index (Phi) is 4.34. The summed E-state index contributed by atoms with van der Waals surface area (Å²) in [6.07, 6.45) is 3.20. The summed E-state index contributed by atoms with van der Waals surface area (Å²) < 4.78 is 13.5. The second kappa shape index (κ2) is 6.20. The first-order valence-electron chi connectivity index (χ1n) is 7.61. The molecule has 2 N–H and O–H groups in total. The van der Waals surface area contributed by atoms with E-state index >= 15 is 0 Å². The number of hydrogen-bond acceptors (Lipinski definition) is 3. The quantitative estimate of drug-likeness (QED) is 0.834. The van der Waals surface area contributed by atoms with Gasteiger partial charge in [0, 0.05) is 24.7 Å². The Bertz CT molecular complexity index is 450. The number of nitrogens with zero attached hydrogens (tertiary/aromatic N) is 1. The molecule has 4 heteroatoms. The van der Waals surface area contributed by atoms with Crippen LogP contribution in [0.1, 0.15) is 30.9 Å². The molecule has 3 nitrogen and oxygen atoms in total. The fraction of sp³-hybridized carbons (Fsp3) is 0.625. The van der Waals surface area contributed by atoms with Gasteiger partial charge in [-0.3, -0.25) is 0 Å². The molecule has 0 amide bonds. The predicted octanol–water partition coefficient (Wildman–Crippen LogP) is 1.93. The normalized spacial score (nSPS) is 25.0. The van der Waals surface area contributed by atoms with Gasteiger partial charge in [-0.25, -0.2) is 4.39 Å². The van der Waals surface area contributed by atoms with Crippen molar-refractivity contribution in [3.8, 4) is 0 Å². The first-order valence-corrected chi connectivity index (χ1v) is 7.61. The Morgan fingerprint density at radius 2 is 2.10 bits per heavy atom. The molecule has 0 radical (unpaired) electrons. The summed E-state index contributed by atoms with van der Waals surface area (Å²) in [6, 6.07) is 7.29. The Balaban J connectivity index is 1.40. The van der Waals surface area contributed by atoms with Crippen LogP contribution in [0.2, 0.25) is 0 Å². The molecule has 1 saturated carbocycles. The molecule has 2 atom stereocenters. The molecule has 1 saturated heterocycles. The molecular formula is C16H23FN2O. The van der Waals surface area contributed by atoms with Crippen LogP contribution in [0, 0.1) is 11.7 Å². The topological polar surface area (TPSA) is 35.5 Å². The lowest BCUT2D eigenvalue weighted by Gasteiger charge is -2.17. The number of nitrogens with one attached hydrogen (secondary N) is 1. The first kappa shape index (κ1) is 14.0. The molecule has 110 valence electrons. The van der Waals surface area contributed by atoms with E-state index in [0.717, 1.165) is 12.6 Å². The van der Waals surface area contributed by atoms with Gasteiger partial charge in [-0.05, 0) is 44.3 Å². The third-order valence-corrected chi connectivity index (χ3v) is 4.42. The average molecular weight is 278 g/mol. The Morgan fingerprint density at radius 3 is 2.85 bits per heavy atom. The Morgan fingerprint density at radius 1 is 1.30 bits per heavy atom. The molecule has 1 heterocycles. The Hall–Kier alpha value is -0.970. The number of rotatable bonds is 6. The van der Waals surface area contributed by atoms with E-state index in [0.29, 0.717) is 18.0 Å². The van der Waals surface area contributed by atoms with Crippen molar-refractivity contribution in [3.63, 3.8) is 0 Å². The molecule has 2 aliphatic rings. The molecule has 1 aromatic carbocycles. The zero-order valence-corrected chi connectivity index (χ0v) is 11.8. The lowest BCUT2D eigenvalue weighted by atomic mass is 10.1. The molecule has 2 fully saturated rings. The van der Waals surface area contributed by atoms with E-state index in [-0.39, 0.29) is 5.82 Å². The monoisotopic (exact) mass is 278 g/mol. The summed E-state index contributed by atoms with van der Waals surface area (Å²) in [7, 11) is 0. The molecular weight excluding hydrogens is 255 g/mol. The minimum atomic E-state index is -0.767. The maximum atomic E-state index is 13.5. The van der Waals surface area contributed by atoms with Crippen LogP contribution in [-0.4, -0.2) is 42.2 Å². The largest absolute Gasteiger partial charge is 0.387 e. The van der Waals surface area contributed by atoms with Gasteiger partial charge >= 0.3 is 0 Å². The molecule has 1 aliphatic heterocycles. The van der Waals surface area contributed by atoms with E-state index < -0.39 is 6.10 Å². The van der Waals surface area contributed by atoms with Crippen molar-refractivity contribution in [1.29, 1.82) is 0 Å². The van der Waals surface area contributed by atoms with Crippen molar-refractivity contribution in [2.24, 2.45) is 5.92 Å². The molecule has 0 aromatic heterocycles. The number of likely N-dealkylation sites (tertiary alicyclic amines) is 1. The highest BCUT2D eigenvalue weighted by atomic mass is 19.1. The van der Waals surface area contributed by atoms with Gasteiger partial charge in [0.15, 0.2) is 0 Å². The Labute approximate surface area is 119 Å². The van der Waals surface area contributed by atoms with Crippen LogP contribution in [0.4, 0.5) is 4.39 Å². The van der Waals surface area contributed by atoms with E-state index in [1.807, 2.05) is 0 Å². The van der Waals surface area contributed by atoms with Gasteiger partial charge in [-0.1, -0.05) is 18.2 Å². The molecule has 1 aliphatic carbocycles. The maximum absolute atomic E-state index is 13.5. The summed E-state index contributed by atoms with van der Waals surface area (Å²) in [5.74, 6) is 0.339. The highest BCUT2D eigenvalue weighted by Crippen LogP contribution is 2.31. The molecule has 2 unspecified atom stereocenters. The van der Waals surface area contributed by atoms with Crippen LogP contribution < -0.4 is 5.32 Å². The van der Waals surface area contributed by atoms with Crippen molar-refractivity contribution in [2.45, 2.75) is 31.4 Å². The molecule has 0 spiro atoms. The number of hydrogen-bond donors (Lipinski definition) is 2. The summed E-state index contributed by atoms with van der Waals surface area (Å²) in [5, 5.41) is 13.3. The fourth-order valence-electron chi connectivity index (χ4n) is 3.08. The van der Waals surface area contributed by atoms with Gasteiger partial charge in [0.1, 0.15) is 5.82 Å². The van der Waals surface area contributed by atoms with E-state index in [1.54, 1.807) is 18.2 Å². The first-order chi connectivity index (χ1) is 9.74. The summed E-state index contributed by atoms with van der Waals surface area (Å²) >= 11 is 0. The van der Waals surface area contributed by atoms with Gasteiger partial charge in [0.05, 0.1) is 6.10 Å². The van der Waals surface area contributed by atoms with Crippen LogP contribution in [0.15, 0.2) is 24.3 Å². The number of halogens is 1. The van der Waals surface area contributed by atoms with Crippen LogP contribution in [-0.2, 0) is 0 Å². The lowest BCUT2D eigenvalue weighted by molar-refractivity contribution is 0.168. The third-order valence-electron chi connectivity index (χ3n) is 4.42.